The predicted molar refractivity (Wildman–Crippen MR) is 61.1 cm³/mol. The lowest BCUT2D eigenvalue weighted by Gasteiger charge is -2.17. The van der Waals surface area contributed by atoms with Gasteiger partial charge in [0.05, 0.1) is 0 Å². The fourth-order valence-corrected chi connectivity index (χ4v) is 1.51. The molecule has 0 bridgehead atoms. The van der Waals surface area contributed by atoms with Crippen LogP contribution in [0.3, 0.4) is 0 Å². The molecule has 0 aliphatic heterocycles. The first-order valence-electron chi connectivity index (χ1n) is 5.57. The van der Waals surface area contributed by atoms with Gasteiger partial charge in [0.25, 0.3) is 0 Å². The average Bonchev–Trinajstić information content (AvgIpc) is 2.24. The van der Waals surface area contributed by atoms with Crippen LogP contribution < -0.4 is 10.1 Å². The summed E-state index contributed by atoms with van der Waals surface area (Å²) >= 11 is 0. The second-order valence-corrected chi connectivity index (χ2v) is 3.73. The number of ether oxygens (including phenoxy) is 1. The zero-order valence-corrected chi connectivity index (χ0v) is 9.84. The van der Waals surface area contributed by atoms with Crippen LogP contribution in [0.2, 0.25) is 0 Å². The molecule has 2 nitrogen and oxygen atoms in total. The van der Waals surface area contributed by atoms with Crippen LogP contribution in [0, 0.1) is 0 Å². The van der Waals surface area contributed by atoms with Gasteiger partial charge in [-0.1, -0.05) is 19.9 Å². The molecule has 1 rings (SSSR count). The van der Waals surface area contributed by atoms with Crippen molar-refractivity contribution in [3.05, 3.63) is 24.3 Å². The third-order valence-electron chi connectivity index (χ3n) is 2.42. The third kappa shape index (κ3) is 4.97. The van der Waals surface area contributed by atoms with E-state index in [-0.39, 0.29) is 11.8 Å². The summed E-state index contributed by atoms with van der Waals surface area (Å²) in [5.41, 5.74) is 0.639. The summed E-state index contributed by atoms with van der Waals surface area (Å²) in [4.78, 5) is 0. The number of alkyl halides is 3. The smallest absolute Gasteiger partial charge is 0.406 e. The quantitative estimate of drug-likeness (QED) is 0.842. The number of benzene rings is 1. The van der Waals surface area contributed by atoms with Gasteiger partial charge < -0.3 is 10.1 Å². The van der Waals surface area contributed by atoms with E-state index in [0.717, 1.165) is 12.8 Å². The van der Waals surface area contributed by atoms with Crippen LogP contribution >= 0.6 is 0 Å². The van der Waals surface area contributed by atoms with Crippen molar-refractivity contribution in [1.29, 1.82) is 0 Å². The van der Waals surface area contributed by atoms with Gasteiger partial charge >= 0.3 is 6.36 Å². The molecule has 1 aromatic rings. The molecule has 0 aromatic heterocycles. The Hall–Kier alpha value is -1.39. The SMILES string of the molecule is CCC(CC)Nc1cccc(OC(F)(F)F)c1. The molecule has 0 fully saturated rings. The predicted octanol–water partition coefficient (Wildman–Crippen LogP) is 4.19. The van der Waals surface area contributed by atoms with Gasteiger partial charge in [0.2, 0.25) is 0 Å². The monoisotopic (exact) mass is 247 g/mol. The molecule has 0 saturated heterocycles. The van der Waals surface area contributed by atoms with Crippen LogP contribution in [0.4, 0.5) is 18.9 Å². The van der Waals surface area contributed by atoms with Gasteiger partial charge in [-0.25, -0.2) is 0 Å². The van der Waals surface area contributed by atoms with Crippen LogP contribution in [-0.2, 0) is 0 Å². The Morgan fingerprint density at radius 1 is 1.24 bits per heavy atom. The first kappa shape index (κ1) is 13.7. The van der Waals surface area contributed by atoms with E-state index in [2.05, 4.69) is 10.1 Å². The summed E-state index contributed by atoms with van der Waals surface area (Å²) < 4.78 is 39.9. The molecule has 0 spiro atoms. The van der Waals surface area contributed by atoms with Crippen molar-refractivity contribution in [2.24, 2.45) is 0 Å². The summed E-state index contributed by atoms with van der Waals surface area (Å²) in [6.45, 7) is 4.05. The Kier molecular flexibility index (Phi) is 4.66. The van der Waals surface area contributed by atoms with Crippen LogP contribution in [0.1, 0.15) is 26.7 Å². The van der Waals surface area contributed by atoms with Gasteiger partial charge in [0.15, 0.2) is 0 Å². The fourth-order valence-electron chi connectivity index (χ4n) is 1.51. The highest BCUT2D eigenvalue weighted by molar-refractivity contribution is 5.48. The van der Waals surface area contributed by atoms with Gasteiger partial charge in [-0.3, -0.25) is 0 Å². The largest absolute Gasteiger partial charge is 0.573 e. The lowest BCUT2D eigenvalue weighted by atomic mass is 10.1. The standard InChI is InChI=1S/C12H16F3NO/c1-3-9(4-2)16-10-6-5-7-11(8-10)17-12(13,14)15/h5-9,16H,3-4H2,1-2H3. The van der Waals surface area contributed by atoms with E-state index in [1.807, 2.05) is 13.8 Å². The minimum atomic E-state index is -4.65. The van der Waals surface area contributed by atoms with Crippen molar-refractivity contribution in [1.82, 2.24) is 0 Å². The molecule has 17 heavy (non-hydrogen) atoms. The van der Waals surface area contributed by atoms with Crippen LogP contribution in [-0.4, -0.2) is 12.4 Å². The van der Waals surface area contributed by atoms with Crippen molar-refractivity contribution in [2.45, 2.75) is 39.1 Å². The van der Waals surface area contributed by atoms with Gasteiger partial charge in [-0.2, -0.15) is 0 Å². The summed E-state index contributed by atoms with van der Waals surface area (Å²) in [6, 6.07) is 6.15. The van der Waals surface area contributed by atoms with E-state index >= 15 is 0 Å². The molecule has 0 amide bonds. The van der Waals surface area contributed by atoms with Crippen LogP contribution in [0.25, 0.3) is 0 Å². The van der Waals surface area contributed by atoms with E-state index in [1.54, 1.807) is 6.07 Å². The molecule has 0 heterocycles. The molecular weight excluding hydrogens is 231 g/mol. The zero-order valence-electron chi connectivity index (χ0n) is 9.84. The second-order valence-electron chi connectivity index (χ2n) is 3.73. The molecule has 0 aliphatic rings. The summed E-state index contributed by atoms with van der Waals surface area (Å²) in [6.07, 6.45) is -2.81. The molecule has 5 heteroatoms. The Balaban J connectivity index is 2.72. The topological polar surface area (TPSA) is 21.3 Å². The first-order valence-corrected chi connectivity index (χ1v) is 5.57. The van der Waals surface area contributed by atoms with Gasteiger partial charge in [-0.15, -0.1) is 13.2 Å². The minimum Gasteiger partial charge on any atom is -0.406 e. The molecule has 96 valence electrons. The van der Waals surface area contributed by atoms with Crippen molar-refractivity contribution in [3.63, 3.8) is 0 Å². The van der Waals surface area contributed by atoms with Gasteiger partial charge in [0.1, 0.15) is 5.75 Å². The van der Waals surface area contributed by atoms with E-state index in [4.69, 9.17) is 0 Å². The highest BCUT2D eigenvalue weighted by atomic mass is 19.4. The number of rotatable bonds is 5. The fraction of sp³-hybridized carbons (Fsp3) is 0.500. The highest BCUT2D eigenvalue weighted by Crippen LogP contribution is 2.25. The molecule has 0 aliphatic carbocycles. The Bertz CT molecular complexity index is 348. The lowest BCUT2D eigenvalue weighted by Crippen LogP contribution is -2.18. The summed E-state index contributed by atoms with van der Waals surface area (Å²) in [7, 11) is 0. The van der Waals surface area contributed by atoms with Gasteiger partial charge in [0, 0.05) is 17.8 Å². The Morgan fingerprint density at radius 3 is 2.41 bits per heavy atom. The van der Waals surface area contributed by atoms with E-state index < -0.39 is 6.36 Å². The Morgan fingerprint density at radius 2 is 1.88 bits per heavy atom. The third-order valence-corrected chi connectivity index (χ3v) is 2.42. The highest BCUT2D eigenvalue weighted by Gasteiger charge is 2.31. The molecule has 0 atom stereocenters. The van der Waals surface area contributed by atoms with Crippen LogP contribution in [0.15, 0.2) is 24.3 Å². The van der Waals surface area contributed by atoms with E-state index in [9.17, 15) is 13.2 Å². The summed E-state index contributed by atoms with van der Waals surface area (Å²) in [5.74, 6) is -0.201. The maximum atomic E-state index is 12.0. The van der Waals surface area contributed by atoms with E-state index in [0.29, 0.717) is 5.69 Å². The van der Waals surface area contributed by atoms with E-state index in [1.165, 1.54) is 18.2 Å². The van der Waals surface area contributed by atoms with Crippen molar-refractivity contribution in [2.75, 3.05) is 5.32 Å². The lowest BCUT2D eigenvalue weighted by molar-refractivity contribution is -0.274. The first-order chi connectivity index (χ1) is 7.94. The summed E-state index contributed by atoms with van der Waals surface area (Å²) in [5, 5.41) is 3.16. The molecular formula is C12H16F3NO. The molecule has 0 saturated carbocycles. The Labute approximate surface area is 98.8 Å². The maximum Gasteiger partial charge on any atom is 0.573 e. The van der Waals surface area contributed by atoms with Gasteiger partial charge in [-0.05, 0) is 25.0 Å². The second kappa shape index (κ2) is 5.80. The van der Waals surface area contributed by atoms with Crippen molar-refractivity contribution in [3.8, 4) is 5.75 Å². The van der Waals surface area contributed by atoms with Crippen molar-refractivity contribution < 1.29 is 17.9 Å². The minimum absolute atomic E-state index is 0.201. The van der Waals surface area contributed by atoms with Crippen molar-refractivity contribution >= 4 is 5.69 Å². The molecule has 0 radical (unpaired) electrons. The normalized spacial score (nSPS) is 11.6. The average molecular weight is 247 g/mol. The number of nitrogens with one attached hydrogen (secondary N) is 1. The molecule has 1 N–H and O–H groups in total. The number of hydrogen-bond acceptors (Lipinski definition) is 2. The number of anilines is 1. The maximum absolute atomic E-state index is 12.0. The molecule has 0 unspecified atom stereocenters. The zero-order chi connectivity index (χ0) is 12.9. The van der Waals surface area contributed by atoms with Crippen LogP contribution in [0.5, 0.6) is 5.75 Å². The number of halogens is 3. The number of hydrogen-bond donors (Lipinski definition) is 1. The molecule has 1 aromatic carbocycles.